The molecule has 7 aromatic rings. The van der Waals surface area contributed by atoms with Gasteiger partial charge >= 0.3 is 6.85 Å². The lowest BCUT2D eigenvalue weighted by molar-refractivity contribution is 1.17. The van der Waals surface area contributed by atoms with Crippen molar-refractivity contribution in [2.45, 2.75) is 6.92 Å². The highest BCUT2D eigenvalue weighted by atomic mass is 15.0. The second-order valence-corrected chi connectivity index (χ2v) is 10.0. The molecule has 1 aliphatic heterocycles. The molecule has 0 saturated heterocycles. The molecule has 0 atom stereocenters. The Hall–Kier alpha value is -5.26. The Labute approximate surface area is 219 Å². The summed E-state index contributed by atoms with van der Waals surface area (Å²) in [6.07, 6.45) is 0. The van der Waals surface area contributed by atoms with Gasteiger partial charge in [-0.15, -0.1) is 0 Å². The highest BCUT2D eigenvalue weighted by Crippen LogP contribution is 2.37. The lowest BCUT2D eigenvalue weighted by Crippen LogP contribution is -2.54. The van der Waals surface area contributed by atoms with Crippen LogP contribution in [0.4, 0.5) is 0 Å². The number of nitrogens with zero attached hydrogens (tertiary/aromatic N) is 4. The molecule has 1 aliphatic rings. The van der Waals surface area contributed by atoms with Crippen LogP contribution in [-0.2, 0) is 0 Å². The fourth-order valence-electron chi connectivity index (χ4n) is 6.67. The Morgan fingerprint density at radius 2 is 1.39 bits per heavy atom. The predicted molar refractivity (Wildman–Crippen MR) is 155 cm³/mol. The Kier molecular flexibility index (Phi) is 4.06. The number of rotatable bonds is 1. The summed E-state index contributed by atoms with van der Waals surface area (Å²) in [5.74, 6) is 0. The zero-order chi connectivity index (χ0) is 25.5. The topological polar surface area (TPSA) is 57.4 Å². The standard InChI is InChI=1S/C33H19BN4/c1-20-7-6-9-25-23-8-2-4-11-28(23)38(32(20)25)34-27-10-3-5-12-29(27)37-30-17-21(18-35)13-15-24(30)26-16-14-22(19-36)31(34)33(26)37/h2-17H,1H3. The SMILES string of the molecule is Cc1cccc2c3ccccc3n(B3c4ccccc4-n4c5cc(C#N)ccc5c5ccc(C#N)c3c54)c12. The van der Waals surface area contributed by atoms with Crippen molar-refractivity contribution in [3.63, 3.8) is 0 Å². The third kappa shape index (κ3) is 2.48. The first-order chi connectivity index (χ1) is 18.7. The third-order valence-corrected chi connectivity index (χ3v) is 8.16. The van der Waals surface area contributed by atoms with Crippen molar-refractivity contribution in [3.05, 3.63) is 114 Å². The summed E-state index contributed by atoms with van der Waals surface area (Å²) in [6, 6.07) is 38.2. The molecular formula is C33H19BN4. The molecule has 8 rings (SSSR count). The van der Waals surface area contributed by atoms with E-state index in [2.05, 4.69) is 101 Å². The summed E-state index contributed by atoms with van der Waals surface area (Å²) in [5.41, 5.74) is 10.1. The first kappa shape index (κ1) is 20.9. The van der Waals surface area contributed by atoms with Gasteiger partial charge < -0.3 is 9.05 Å². The van der Waals surface area contributed by atoms with E-state index < -0.39 is 0 Å². The minimum absolute atomic E-state index is 0.194. The maximum atomic E-state index is 10.4. The normalized spacial score (nSPS) is 12.2. The minimum Gasteiger partial charge on any atom is -0.376 e. The average molecular weight is 482 g/mol. The van der Waals surface area contributed by atoms with Crippen LogP contribution < -0.4 is 10.9 Å². The van der Waals surface area contributed by atoms with Gasteiger partial charge in [-0.2, -0.15) is 10.5 Å². The fourth-order valence-corrected chi connectivity index (χ4v) is 6.67. The van der Waals surface area contributed by atoms with Gasteiger partial charge in [0.25, 0.3) is 0 Å². The maximum absolute atomic E-state index is 10.4. The van der Waals surface area contributed by atoms with Crippen LogP contribution in [0.15, 0.2) is 97.1 Å². The van der Waals surface area contributed by atoms with Crippen molar-refractivity contribution in [1.29, 1.82) is 10.5 Å². The highest BCUT2D eigenvalue weighted by Gasteiger charge is 2.38. The van der Waals surface area contributed by atoms with Gasteiger partial charge in [-0.25, -0.2) is 0 Å². The summed E-state index contributed by atoms with van der Waals surface area (Å²) in [6.45, 7) is 1.97. The van der Waals surface area contributed by atoms with Crippen LogP contribution in [0, 0.1) is 29.6 Å². The molecule has 38 heavy (non-hydrogen) atoms. The Morgan fingerprint density at radius 1 is 0.658 bits per heavy atom. The van der Waals surface area contributed by atoms with Gasteiger partial charge in [-0.3, -0.25) is 0 Å². The highest BCUT2D eigenvalue weighted by molar-refractivity contribution is 6.88. The molecular weight excluding hydrogens is 463 g/mol. The molecule has 174 valence electrons. The molecule has 0 amide bonds. The molecule has 0 aliphatic carbocycles. The van der Waals surface area contributed by atoms with Crippen LogP contribution in [-0.4, -0.2) is 15.9 Å². The number of fused-ring (bicyclic) bond motifs is 8. The van der Waals surface area contributed by atoms with E-state index in [9.17, 15) is 10.5 Å². The van der Waals surface area contributed by atoms with Crippen LogP contribution in [0.2, 0.25) is 0 Å². The summed E-state index contributed by atoms with van der Waals surface area (Å²) < 4.78 is 4.70. The zero-order valence-electron chi connectivity index (χ0n) is 20.6. The predicted octanol–water partition coefficient (Wildman–Crippen LogP) is 5.91. The Balaban J connectivity index is 1.65. The average Bonchev–Trinajstić information content (AvgIpc) is 3.48. The first-order valence-corrected chi connectivity index (χ1v) is 12.7. The first-order valence-electron chi connectivity index (χ1n) is 12.7. The summed E-state index contributed by atoms with van der Waals surface area (Å²) >= 11 is 0. The number of benzene rings is 5. The van der Waals surface area contributed by atoms with Gasteiger partial charge in [0, 0.05) is 38.3 Å². The van der Waals surface area contributed by atoms with Gasteiger partial charge in [0.1, 0.15) is 0 Å². The summed E-state index contributed by atoms with van der Waals surface area (Å²) in [7, 11) is 0. The van der Waals surface area contributed by atoms with Crippen molar-refractivity contribution in [1.82, 2.24) is 9.05 Å². The fraction of sp³-hybridized carbons (Fsp3) is 0.0303. The van der Waals surface area contributed by atoms with Crippen LogP contribution in [0.25, 0.3) is 49.3 Å². The third-order valence-electron chi connectivity index (χ3n) is 8.16. The molecule has 0 unspecified atom stereocenters. The number of hydrogen-bond donors (Lipinski definition) is 0. The van der Waals surface area contributed by atoms with Crippen molar-refractivity contribution < 1.29 is 0 Å². The van der Waals surface area contributed by atoms with Crippen LogP contribution in [0.1, 0.15) is 16.7 Å². The van der Waals surface area contributed by atoms with Crippen molar-refractivity contribution >= 4 is 61.4 Å². The number of nitriles is 2. The van der Waals surface area contributed by atoms with Gasteiger partial charge in [0.15, 0.2) is 0 Å². The second kappa shape index (κ2) is 7.38. The molecule has 4 nitrogen and oxygen atoms in total. The monoisotopic (exact) mass is 482 g/mol. The van der Waals surface area contributed by atoms with E-state index in [1.807, 2.05) is 24.3 Å². The van der Waals surface area contributed by atoms with Gasteiger partial charge in [0.05, 0.1) is 34.3 Å². The van der Waals surface area contributed by atoms with Crippen molar-refractivity contribution in [3.8, 4) is 17.8 Å². The quantitative estimate of drug-likeness (QED) is 0.273. The van der Waals surface area contributed by atoms with E-state index >= 15 is 0 Å². The number of aromatic nitrogens is 2. The molecule has 5 heteroatoms. The number of para-hydroxylation sites is 3. The van der Waals surface area contributed by atoms with Crippen molar-refractivity contribution in [2.75, 3.05) is 0 Å². The van der Waals surface area contributed by atoms with Crippen molar-refractivity contribution in [2.24, 2.45) is 0 Å². The van der Waals surface area contributed by atoms with Gasteiger partial charge in [-0.05, 0) is 53.7 Å². The van der Waals surface area contributed by atoms with E-state index in [1.165, 1.54) is 21.9 Å². The largest absolute Gasteiger partial charge is 0.376 e. The van der Waals surface area contributed by atoms with Crippen LogP contribution in [0.5, 0.6) is 0 Å². The van der Waals surface area contributed by atoms with Crippen LogP contribution in [0.3, 0.4) is 0 Å². The Morgan fingerprint density at radius 3 is 2.26 bits per heavy atom. The number of aryl methyl sites for hydroxylation is 1. The number of hydrogen-bond acceptors (Lipinski definition) is 2. The van der Waals surface area contributed by atoms with Gasteiger partial charge in [0.2, 0.25) is 0 Å². The molecule has 0 N–H and O–H groups in total. The molecule has 0 bridgehead atoms. The summed E-state index contributed by atoms with van der Waals surface area (Å²) in [5, 5.41) is 24.7. The van der Waals surface area contributed by atoms with E-state index in [0.717, 1.165) is 43.9 Å². The molecule has 0 saturated carbocycles. The lowest BCUT2D eigenvalue weighted by atomic mass is 9.47. The van der Waals surface area contributed by atoms with E-state index in [4.69, 9.17) is 0 Å². The van der Waals surface area contributed by atoms with Crippen LogP contribution >= 0.6 is 0 Å². The molecule has 2 aromatic heterocycles. The van der Waals surface area contributed by atoms with E-state index in [-0.39, 0.29) is 6.85 Å². The van der Waals surface area contributed by atoms with E-state index in [1.54, 1.807) is 0 Å². The maximum Gasteiger partial charge on any atom is 0.333 e. The summed E-state index contributed by atoms with van der Waals surface area (Å²) in [4.78, 5) is 0. The minimum atomic E-state index is -0.194. The Bertz CT molecular complexity index is 2240. The second-order valence-electron chi connectivity index (χ2n) is 10.0. The van der Waals surface area contributed by atoms with E-state index in [0.29, 0.717) is 11.1 Å². The molecule has 0 fully saturated rings. The van der Waals surface area contributed by atoms with Gasteiger partial charge in [-0.1, -0.05) is 66.7 Å². The molecule has 0 radical (unpaired) electrons. The zero-order valence-corrected chi connectivity index (χ0v) is 20.6. The lowest BCUT2D eigenvalue weighted by Gasteiger charge is -2.29. The molecule has 3 heterocycles. The smallest absolute Gasteiger partial charge is 0.333 e. The molecule has 0 spiro atoms. The molecule has 5 aromatic carbocycles.